The van der Waals surface area contributed by atoms with Crippen LogP contribution in [0.5, 0.6) is 5.75 Å². The average Bonchev–Trinajstić information content (AvgIpc) is 2.85. The lowest BCUT2D eigenvalue weighted by molar-refractivity contribution is 0.340. The van der Waals surface area contributed by atoms with Gasteiger partial charge in [0.2, 0.25) is 0 Å². The largest absolute Gasteiger partial charge is 0.494 e. The average molecular weight is 214 g/mol. The van der Waals surface area contributed by atoms with Gasteiger partial charge in [0.25, 0.3) is 0 Å². The van der Waals surface area contributed by atoms with Gasteiger partial charge in [0.05, 0.1) is 6.61 Å². The molecule has 1 aliphatic rings. The minimum Gasteiger partial charge on any atom is -0.494 e. The first-order valence-corrected chi connectivity index (χ1v) is 4.79. The van der Waals surface area contributed by atoms with Crippen LogP contribution in [0.25, 0.3) is 0 Å². The van der Waals surface area contributed by atoms with Gasteiger partial charge in [-0.25, -0.2) is 0 Å². The Labute approximate surface area is 90.9 Å². The number of benzene rings is 1. The third-order valence-electron chi connectivity index (χ3n) is 2.46. The number of nitrogens with two attached hydrogens (primary N) is 1. The molecule has 0 aliphatic heterocycles. The smallest absolute Gasteiger partial charge is 0.119 e. The van der Waals surface area contributed by atoms with Crippen LogP contribution in [0.4, 0.5) is 0 Å². The van der Waals surface area contributed by atoms with Crippen molar-refractivity contribution >= 4 is 12.4 Å². The second-order valence-electron chi connectivity index (χ2n) is 3.51. The highest BCUT2D eigenvalue weighted by molar-refractivity contribution is 5.85. The van der Waals surface area contributed by atoms with Crippen molar-refractivity contribution in [1.29, 1.82) is 0 Å². The molecule has 1 aromatic carbocycles. The van der Waals surface area contributed by atoms with Gasteiger partial charge in [-0.3, -0.25) is 0 Å². The standard InChI is InChI=1S/C11H15NO.ClH/c1-2-13-9-5-3-8(4-6-9)10-7-11(10)12;/h3-6,10-11H,2,7,12H2,1H3;1H/t10-,11+;/m0./s1. The lowest BCUT2D eigenvalue weighted by Gasteiger charge is -2.03. The zero-order valence-corrected chi connectivity index (χ0v) is 9.09. The molecular formula is C11H16ClNO. The molecule has 0 unspecified atom stereocenters. The molecule has 0 heterocycles. The van der Waals surface area contributed by atoms with E-state index in [9.17, 15) is 0 Å². The Morgan fingerprint density at radius 2 is 1.93 bits per heavy atom. The van der Waals surface area contributed by atoms with Gasteiger partial charge in [-0.15, -0.1) is 12.4 Å². The summed E-state index contributed by atoms with van der Waals surface area (Å²) in [6.45, 7) is 2.72. The van der Waals surface area contributed by atoms with E-state index in [4.69, 9.17) is 10.5 Å². The first-order valence-electron chi connectivity index (χ1n) is 4.79. The highest BCUT2D eigenvalue weighted by Gasteiger charge is 2.34. The summed E-state index contributed by atoms with van der Waals surface area (Å²) in [6.07, 6.45) is 1.13. The topological polar surface area (TPSA) is 35.2 Å². The van der Waals surface area contributed by atoms with Crippen LogP contribution in [-0.4, -0.2) is 12.6 Å². The van der Waals surface area contributed by atoms with E-state index in [0.717, 1.165) is 18.8 Å². The molecule has 0 spiro atoms. The summed E-state index contributed by atoms with van der Waals surface area (Å²) in [5.74, 6) is 1.54. The normalized spacial score (nSPS) is 23.9. The molecule has 2 N–H and O–H groups in total. The Kier molecular flexibility index (Phi) is 3.78. The highest BCUT2D eigenvalue weighted by atomic mass is 35.5. The predicted octanol–water partition coefficient (Wildman–Crippen LogP) is 2.32. The lowest BCUT2D eigenvalue weighted by atomic mass is 10.1. The van der Waals surface area contributed by atoms with E-state index >= 15 is 0 Å². The van der Waals surface area contributed by atoms with E-state index in [1.807, 2.05) is 19.1 Å². The molecule has 14 heavy (non-hydrogen) atoms. The second kappa shape index (κ2) is 4.67. The number of rotatable bonds is 3. The van der Waals surface area contributed by atoms with E-state index in [2.05, 4.69) is 12.1 Å². The van der Waals surface area contributed by atoms with Crippen LogP contribution in [0, 0.1) is 0 Å². The van der Waals surface area contributed by atoms with E-state index in [0.29, 0.717) is 12.0 Å². The van der Waals surface area contributed by atoms with Gasteiger partial charge in [-0.1, -0.05) is 12.1 Å². The molecule has 2 nitrogen and oxygen atoms in total. The number of halogens is 1. The minimum absolute atomic E-state index is 0. The third kappa shape index (κ3) is 2.40. The second-order valence-corrected chi connectivity index (χ2v) is 3.51. The fourth-order valence-corrected chi connectivity index (χ4v) is 1.58. The van der Waals surface area contributed by atoms with Crippen LogP contribution in [0.1, 0.15) is 24.8 Å². The zero-order valence-electron chi connectivity index (χ0n) is 8.27. The summed E-state index contributed by atoms with van der Waals surface area (Å²) in [5, 5.41) is 0. The maximum Gasteiger partial charge on any atom is 0.119 e. The molecule has 1 saturated carbocycles. The Morgan fingerprint density at radius 3 is 2.36 bits per heavy atom. The van der Waals surface area contributed by atoms with E-state index in [-0.39, 0.29) is 12.4 Å². The fraction of sp³-hybridized carbons (Fsp3) is 0.455. The summed E-state index contributed by atoms with van der Waals surface area (Å²) in [6, 6.07) is 8.65. The van der Waals surface area contributed by atoms with Gasteiger partial charge in [-0.05, 0) is 31.0 Å². The Balaban J connectivity index is 0.000000980. The summed E-state index contributed by atoms with van der Waals surface area (Å²) < 4.78 is 5.36. The van der Waals surface area contributed by atoms with Crippen molar-refractivity contribution in [2.24, 2.45) is 5.73 Å². The SMILES string of the molecule is CCOc1ccc([C@@H]2C[C@H]2N)cc1.Cl. The number of hydrogen-bond donors (Lipinski definition) is 1. The van der Waals surface area contributed by atoms with E-state index < -0.39 is 0 Å². The maximum absolute atomic E-state index is 5.76. The Morgan fingerprint density at radius 1 is 1.36 bits per heavy atom. The molecule has 0 aromatic heterocycles. The molecular weight excluding hydrogens is 198 g/mol. The van der Waals surface area contributed by atoms with Crippen molar-refractivity contribution in [1.82, 2.24) is 0 Å². The van der Waals surface area contributed by atoms with Crippen LogP contribution < -0.4 is 10.5 Å². The van der Waals surface area contributed by atoms with Crippen molar-refractivity contribution in [2.75, 3.05) is 6.61 Å². The lowest BCUT2D eigenvalue weighted by Crippen LogP contribution is -2.00. The Bertz CT molecular complexity index is 286. The van der Waals surface area contributed by atoms with Crippen molar-refractivity contribution in [3.8, 4) is 5.75 Å². The molecule has 0 amide bonds. The van der Waals surface area contributed by atoms with Gasteiger partial charge in [-0.2, -0.15) is 0 Å². The summed E-state index contributed by atoms with van der Waals surface area (Å²) in [7, 11) is 0. The van der Waals surface area contributed by atoms with E-state index in [1.54, 1.807) is 0 Å². The molecule has 78 valence electrons. The third-order valence-corrected chi connectivity index (χ3v) is 2.46. The number of hydrogen-bond acceptors (Lipinski definition) is 2. The molecule has 1 fully saturated rings. The van der Waals surface area contributed by atoms with Gasteiger partial charge in [0, 0.05) is 12.0 Å². The first-order chi connectivity index (χ1) is 6.31. The van der Waals surface area contributed by atoms with Gasteiger partial charge in [0.15, 0.2) is 0 Å². The number of ether oxygens (including phenoxy) is 1. The molecule has 0 bridgehead atoms. The molecule has 1 aromatic rings. The monoisotopic (exact) mass is 213 g/mol. The Hall–Kier alpha value is -0.730. The quantitative estimate of drug-likeness (QED) is 0.837. The van der Waals surface area contributed by atoms with Gasteiger partial charge in [0.1, 0.15) is 5.75 Å². The minimum atomic E-state index is 0. The van der Waals surface area contributed by atoms with Gasteiger partial charge >= 0.3 is 0 Å². The summed E-state index contributed by atoms with van der Waals surface area (Å²) in [5.41, 5.74) is 7.11. The predicted molar refractivity (Wildman–Crippen MR) is 60.2 cm³/mol. The molecule has 1 aliphatic carbocycles. The fourth-order valence-electron chi connectivity index (χ4n) is 1.58. The van der Waals surface area contributed by atoms with Crippen molar-refractivity contribution in [2.45, 2.75) is 25.3 Å². The summed E-state index contributed by atoms with van der Waals surface area (Å²) in [4.78, 5) is 0. The molecule has 2 atom stereocenters. The maximum atomic E-state index is 5.76. The van der Waals surface area contributed by atoms with Crippen LogP contribution in [0.15, 0.2) is 24.3 Å². The van der Waals surface area contributed by atoms with E-state index in [1.165, 1.54) is 5.56 Å². The van der Waals surface area contributed by atoms with Gasteiger partial charge < -0.3 is 10.5 Å². The molecule has 0 radical (unpaired) electrons. The van der Waals surface area contributed by atoms with Crippen molar-refractivity contribution in [3.63, 3.8) is 0 Å². The summed E-state index contributed by atoms with van der Waals surface area (Å²) >= 11 is 0. The highest BCUT2D eigenvalue weighted by Crippen LogP contribution is 2.39. The molecule has 0 saturated heterocycles. The van der Waals surface area contributed by atoms with Crippen LogP contribution in [-0.2, 0) is 0 Å². The molecule has 3 heteroatoms. The van der Waals surface area contributed by atoms with Crippen molar-refractivity contribution in [3.05, 3.63) is 29.8 Å². The van der Waals surface area contributed by atoms with Crippen molar-refractivity contribution < 1.29 is 4.74 Å². The first kappa shape index (κ1) is 11.3. The van der Waals surface area contributed by atoms with Crippen LogP contribution in [0.3, 0.4) is 0 Å². The van der Waals surface area contributed by atoms with Crippen LogP contribution >= 0.6 is 12.4 Å². The molecule has 2 rings (SSSR count). The zero-order chi connectivity index (χ0) is 9.26. The van der Waals surface area contributed by atoms with Crippen LogP contribution in [0.2, 0.25) is 0 Å².